The Bertz CT molecular complexity index is 1050. The van der Waals surface area contributed by atoms with Crippen LogP contribution < -0.4 is 4.72 Å². The fourth-order valence-corrected chi connectivity index (χ4v) is 4.85. The van der Waals surface area contributed by atoms with Crippen LogP contribution in [0.2, 0.25) is 0 Å². The summed E-state index contributed by atoms with van der Waals surface area (Å²) in [5, 5.41) is 0. The highest BCUT2D eigenvalue weighted by atomic mass is 32.2. The molecule has 2 aromatic carbocycles. The molecule has 0 bridgehead atoms. The first-order valence-electron chi connectivity index (χ1n) is 10.5. The number of nitrogens with zero attached hydrogens (tertiary/aromatic N) is 1. The van der Waals surface area contributed by atoms with E-state index in [0.29, 0.717) is 12.2 Å². The highest BCUT2D eigenvalue weighted by Gasteiger charge is 2.26. The van der Waals surface area contributed by atoms with Crippen molar-refractivity contribution in [3.8, 4) is 0 Å². The van der Waals surface area contributed by atoms with Gasteiger partial charge in [0, 0.05) is 18.3 Å². The summed E-state index contributed by atoms with van der Waals surface area (Å²) < 4.78 is 33.1. The molecule has 0 saturated carbocycles. The Balaban J connectivity index is 1.66. The third-order valence-electron chi connectivity index (χ3n) is 5.40. The summed E-state index contributed by atoms with van der Waals surface area (Å²) in [5.41, 5.74) is 1.43. The van der Waals surface area contributed by atoms with Crippen LogP contribution in [0.15, 0.2) is 53.4 Å². The van der Waals surface area contributed by atoms with E-state index >= 15 is 0 Å². The Kier molecular flexibility index (Phi) is 7.33. The lowest BCUT2D eigenvalue weighted by atomic mass is 10.00. The number of carbonyl (C=O) groups is 2. The van der Waals surface area contributed by atoms with Crippen molar-refractivity contribution in [2.24, 2.45) is 0 Å². The van der Waals surface area contributed by atoms with Gasteiger partial charge in [-0.25, -0.2) is 13.2 Å². The Morgan fingerprint density at radius 2 is 1.90 bits per heavy atom. The molecule has 0 aromatic heterocycles. The number of hydrogen-bond acceptors (Lipinski definition) is 5. The molecular formula is C23H28N2O5S. The summed E-state index contributed by atoms with van der Waals surface area (Å²) in [7, 11) is -3.88. The molecule has 1 aliphatic heterocycles. The maximum Gasteiger partial charge on any atom is 0.338 e. The van der Waals surface area contributed by atoms with Gasteiger partial charge >= 0.3 is 5.97 Å². The van der Waals surface area contributed by atoms with Crippen LogP contribution in [-0.2, 0) is 19.6 Å². The molecule has 166 valence electrons. The number of rotatable bonds is 7. The number of esters is 1. The summed E-state index contributed by atoms with van der Waals surface area (Å²) in [6, 6.07) is 12.8. The first kappa shape index (κ1) is 22.8. The number of anilines is 1. The summed E-state index contributed by atoms with van der Waals surface area (Å²) in [4.78, 5) is 26.7. The van der Waals surface area contributed by atoms with Crippen molar-refractivity contribution < 1.29 is 22.7 Å². The number of sulfonamides is 1. The molecule has 31 heavy (non-hydrogen) atoms. The summed E-state index contributed by atoms with van der Waals surface area (Å²) in [5.74, 6) is -0.948. The largest absolute Gasteiger partial charge is 0.452 e. The van der Waals surface area contributed by atoms with Crippen molar-refractivity contribution in [2.75, 3.05) is 17.9 Å². The van der Waals surface area contributed by atoms with Crippen molar-refractivity contribution in [3.05, 3.63) is 59.7 Å². The predicted octanol–water partition coefficient (Wildman–Crippen LogP) is 3.74. The second-order valence-corrected chi connectivity index (χ2v) is 9.41. The second-order valence-electron chi connectivity index (χ2n) is 7.72. The van der Waals surface area contributed by atoms with Gasteiger partial charge in [-0.05, 0) is 68.5 Å². The van der Waals surface area contributed by atoms with Gasteiger partial charge in [-0.15, -0.1) is 0 Å². The number of aryl methyl sites for hydroxylation is 1. The number of amides is 1. The lowest BCUT2D eigenvalue weighted by Crippen LogP contribution is -2.45. The van der Waals surface area contributed by atoms with E-state index < -0.39 is 16.0 Å². The van der Waals surface area contributed by atoms with E-state index in [-0.39, 0.29) is 29.0 Å². The standard InChI is InChI=1S/C23H28N2O5S/c1-3-20-11-4-5-13-25(20)22(26)16-30-23(27)18-9-7-12-21(15-18)31(28,29)24-19-10-6-8-17(2)14-19/h6-10,12,14-15,20,24H,3-5,11,13,16H2,1-2H3. The fraction of sp³-hybridized carbons (Fsp3) is 0.391. The fourth-order valence-electron chi connectivity index (χ4n) is 3.76. The van der Waals surface area contributed by atoms with Gasteiger partial charge in [0.15, 0.2) is 6.61 Å². The van der Waals surface area contributed by atoms with E-state index in [1.807, 2.05) is 19.9 Å². The number of likely N-dealkylation sites (tertiary alicyclic amines) is 1. The normalized spacial score (nSPS) is 16.6. The van der Waals surface area contributed by atoms with E-state index in [9.17, 15) is 18.0 Å². The van der Waals surface area contributed by atoms with Crippen LogP contribution in [0, 0.1) is 6.92 Å². The number of carbonyl (C=O) groups excluding carboxylic acids is 2. The third kappa shape index (κ3) is 5.85. The van der Waals surface area contributed by atoms with Crippen molar-refractivity contribution in [3.63, 3.8) is 0 Å². The van der Waals surface area contributed by atoms with Gasteiger partial charge in [0.05, 0.1) is 10.5 Å². The second kappa shape index (κ2) is 9.96. The van der Waals surface area contributed by atoms with Crippen LogP contribution in [0.3, 0.4) is 0 Å². The van der Waals surface area contributed by atoms with Gasteiger partial charge in [0.1, 0.15) is 0 Å². The first-order chi connectivity index (χ1) is 14.8. The van der Waals surface area contributed by atoms with Crippen molar-refractivity contribution in [1.29, 1.82) is 0 Å². The van der Waals surface area contributed by atoms with Gasteiger partial charge < -0.3 is 9.64 Å². The zero-order valence-corrected chi connectivity index (χ0v) is 18.7. The molecule has 1 saturated heterocycles. The Labute approximate surface area is 183 Å². The number of nitrogens with one attached hydrogen (secondary N) is 1. The van der Waals surface area contributed by atoms with E-state index in [1.54, 1.807) is 23.1 Å². The predicted molar refractivity (Wildman–Crippen MR) is 118 cm³/mol. The molecule has 1 atom stereocenters. The average Bonchev–Trinajstić information content (AvgIpc) is 2.77. The molecule has 3 rings (SSSR count). The van der Waals surface area contributed by atoms with Crippen molar-refractivity contribution >= 4 is 27.6 Å². The Hall–Kier alpha value is -2.87. The van der Waals surface area contributed by atoms with Crippen LogP contribution in [0.25, 0.3) is 0 Å². The maximum absolute atomic E-state index is 12.7. The van der Waals surface area contributed by atoms with E-state index in [4.69, 9.17) is 4.74 Å². The quantitative estimate of drug-likeness (QED) is 0.657. The smallest absolute Gasteiger partial charge is 0.338 e. The molecule has 0 radical (unpaired) electrons. The molecule has 2 aromatic rings. The minimum Gasteiger partial charge on any atom is -0.452 e. The topological polar surface area (TPSA) is 92.8 Å². The van der Waals surface area contributed by atoms with E-state index in [1.165, 1.54) is 24.3 Å². The van der Waals surface area contributed by atoms with Crippen LogP contribution in [0.5, 0.6) is 0 Å². The summed E-state index contributed by atoms with van der Waals surface area (Å²) in [6.07, 6.45) is 3.88. The van der Waals surface area contributed by atoms with Crippen LogP contribution >= 0.6 is 0 Å². The van der Waals surface area contributed by atoms with Crippen LogP contribution in [0.4, 0.5) is 5.69 Å². The number of ether oxygens (including phenoxy) is 1. The SMILES string of the molecule is CCC1CCCCN1C(=O)COC(=O)c1cccc(S(=O)(=O)Nc2cccc(C)c2)c1. The first-order valence-corrected chi connectivity index (χ1v) is 11.9. The van der Waals surface area contributed by atoms with Gasteiger partial charge in [-0.2, -0.15) is 0 Å². The van der Waals surface area contributed by atoms with Crippen molar-refractivity contribution in [1.82, 2.24) is 4.90 Å². The monoisotopic (exact) mass is 444 g/mol. The van der Waals surface area contributed by atoms with E-state index in [2.05, 4.69) is 4.72 Å². The maximum atomic E-state index is 12.7. The summed E-state index contributed by atoms with van der Waals surface area (Å²) in [6.45, 7) is 4.22. The van der Waals surface area contributed by atoms with Crippen molar-refractivity contribution in [2.45, 2.75) is 50.5 Å². The lowest BCUT2D eigenvalue weighted by Gasteiger charge is -2.35. The molecule has 1 amide bonds. The highest BCUT2D eigenvalue weighted by molar-refractivity contribution is 7.92. The van der Waals surface area contributed by atoms with Crippen LogP contribution in [0.1, 0.15) is 48.5 Å². The zero-order chi connectivity index (χ0) is 22.4. The molecule has 1 N–H and O–H groups in total. The molecule has 8 heteroatoms. The zero-order valence-electron chi connectivity index (χ0n) is 17.8. The highest BCUT2D eigenvalue weighted by Crippen LogP contribution is 2.21. The van der Waals surface area contributed by atoms with Gasteiger partial charge in [0.2, 0.25) is 0 Å². The Morgan fingerprint density at radius 3 is 2.65 bits per heavy atom. The molecule has 1 unspecified atom stereocenters. The minimum atomic E-state index is -3.88. The molecule has 0 spiro atoms. The number of benzene rings is 2. The van der Waals surface area contributed by atoms with Crippen LogP contribution in [-0.4, -0.2) is 44.4 Å². The molecule has 7 nitrogen and oxygen atoms in total. The molecule has 1 heterocycles. The molecule has 1 fully saturated rings. The van der Waals surface area contributed by atoms with Gasteiger partial charge in [0.25, 0.3) is 15.9 Å². The lowest BCUT2D eigenvalue weighted by molar-refractivity contribution is -0.138. The Morgan fingerprint density at radius 1 is 1.13 bits per heavy atom. The average molecular weight is 445 g/mol. The number of piperidine rings is 1. The molecule has 1 aliphatic rings. The summed E-state index contributed by atoms with van der Waals surface area (Å²) >= 11 is 0. The molecule has 0 aliphatic carbocycles. The van der Waals surface area contributed by atoms with Gasteiger partial charge in [-0.3, -0.25) is 9.52 Å². The van der Waals surface area contributed by atoms with Gasteiger partial charge in [-0.1, -0.05) is 25.1 Å². The van der Waals surface area contributed by atoms with E-state index in [0.717, 1.165) is 31.2 Å². The molecular weight excluding hydrogens is 416 g/mol. The number of hydrogen-bond donors (Lipinski definition) is 1. The third-order valence-corrected chi connectivity index (χ3v) is 6.77. The minimum absolute atomic E-state index is 0.0585.